The summed E-state index contributed by atoms with van der Waals surface area (Å²) in [6.07, 6.45) is 2.56. The van der Waals surface area contributed by atoms with E-state index < -0.39 is 0 Å². The highest BCUT2D eigenvalue weighted by atomic mass is 35.5. The number of thiophene rings is 1. The number of imidazole rings is 1. The van der Waals surface area contributed by atoms with Crippen LogP contribution in [0.2, 0.25) is 0 Å². The number of hydrogen-bond donors (Lipinski definition) is 1. The molecule has 7 heteroatoms. The molecule has 0 atom stereocenters. The molecule has 1 N–H and O–H groups in total. The number of anilines is 1. The first-order valence-electron chi connectivity index (χ1n) is 8.23. The van der Waals surface area contributed by atoms with E-state index >= 15 is 0 Å². The van der Waals surface area contributed by atoms with Crippen LogP contribution in [0.4, 0.5) is 5.69 Å². The normalized spacial score (nSPS) is 14.6. The Morgan fingerprint density at radius 2 is 2.08 bits per heavy atom. The topological polar surface area (TPSA) is 50.2 Å². The molecule has 5 nitrogen and oxygen atoms in total. The summed E-state index contributed by atoms with van der Waals surface area (Å²) in [5.74, 6) is 1.01. The van der Waals surface area contributed by atoms with E-state index in [9.17, 15) is 4.79 Å². The maximum absolute atomic E-state index is 12.2. The van der Waals surface area contributed by atoms with Gasteiger partial charge in [0.2, 0.25) is 0 Å². The third kappa shape index (κ3) is 3.71. The number of carbonyl (C=O) groups excluding carboxylic acids is 1. The molecule has 0 unspecified atom stereocenters. The SMILES string of the molecule is Cl.Cn1c(CN2CCCC2)nc2cc(NC(=O)c3cccs3)ccc21. The molecule has 0 saturated carbocycles. The van der Waals surface area contributed by atoms with E-state index in [2.05, 4.69) is 21.8 Å². The zero-order chi connectivity index (χ0) is 16.5. The second-order valence-electron chi connectivity index (χ2n) is 6.21. The van der Waals surface area contributed by atoms with Gasteiger partial charge in [-0.15, -0.1) is 23.7 Å². The van der Waals surface area contributed by atoms with Gasteiger partial charge in [-0.2, -0.15) is 0 Å². The minimum atomic E-state index is -0.0717. The van der Waals surface area contributed by atoms with E-state index in [1.807, 2.05) is 35.7 Å². The number of amides is 1. The highest BCUT2D eigenvalue weighted by Gasteiger charge is 2.16. The molecule has 1 aliphatic rings. The Morgan fingerprint density at radius 1 is 1.28 bits per heavy atom. The van der Waals surface area contributed by atoms with Crippen molar-refractivity contribution in [3.63, 3.8) is 0 Å². The van der Waals surface area contributed by atoms with Crippen LogP contribution in [0.25, 0.3) is 11.0 Å². The van der Waals surface area contributed by atoms with Crippen LogP contribution < -0.4 is 5.32 Å². The number of aromatic nitrogens is 2. The zero-order valence-corrected chi connectivity index (χ0v) is 15.7. The summed E-state index contributed by atoms with van der Waals surface area (Å²) in [7, 11) is 2.06. The minimum absolute atomic E-state index is 0. The highest BCUT2D eigenvalue weighted by molar-refractivity contribution is 7.12. The van der Waals surface area contributed by atoms with Crippen LogP contribution in [0.5, 0.6) is 0 Å². The number of carbonyl (C=O) groups is 1. The standard InChI is InChI=1S/C18H20N4OS.ClH/c1-21-15-7-6-13(19-18(23)16-5-4-10-24-16)11-14(15)20-17(21)12-22-8-2-3-9-22;/h4-7,10-11H,2-3,8-9,12H2,1H3,(H,19,23);1H. The first kappa shape index (κ1) is 17.9. The first-order chi connectivity index (χ1) is 11.7. The molecule has 0 bridgehead atoms. The number of fused-ring (bicyclic) bond motifs is 1. The third-order valence-corrected chi connectivity index (χ3v) is 5.41. The quantitative estimate of drug-likeness (QED) is 0.751. The van der Waals surface area contributed by atoms with Crippen molar-refractivity contribution >= 4 is 46.4 Å². The van der Waals surface area contributed by atoms with Crippen molar-refractivity contribution in [3.05, 3.63) is 46.4 Å². The van der Waals surface area contributed by atoms with Gasteiger partial charge in [0.15, 0.2) is 0 Å². The fourth-order valence-electron chi connectivity index (χ4n) is 3.21. The van der Waals surface area contributed by atoms with Gasteiger partial charge in [0, 0.05) is 12.7 Å². The van der Waals surface area contributed by atoms with Crippen molar-refractivity contribution in [2.45, 2.75) is 19.4 Å². The number of benzene rings is 1. The van der Waals surface area contributed by atoms with Crippen molar-refractivity contribution in [3.8, 4) is 0 Å². The highest BCUT2D eigenvalue weighted by Crippen LogP contribution is 2.22. The van der Waals surface area contributed by atoms with E-state index in [0.29, 0.717) is 4.88 Å². The molecule has 1 fully saturated rings. The van der Waals surface area contributed by atoms with Crippen molar-refractivity contribution < 1.29 is 4.79 Å². The molecule has 25 heavy (non-hydrogen) atoms. The summed E-state index contributed by atoms with van der Waals surface area (Å²) >= 11 is 1.44. The summed E-state index contributed by atoms with van der Waals surface area (Å²) < 4.78 is 2.15. The molecule has 4 rings (SSSR count). The van der Waals surface area contributed by atoms with Gasteiger partial charge in [-0.1, -0.05) is 6.07 Å². The average molecular weight is 377 g/mol. The van der Waals surface area contributed by atoms with Gasteiger partial charge in [-0.25, -0.2) is 4.98 Å². The predicted octanol–water partition coefficient (Wildman–Crippen LogP) is 3.90. The van der Waals surface area contributed by atoms with Gasteiger partial charge in [0.25, 0.3) is 5.91 Å². The summed E-state index contributed by atoms with van der Waals surface area (Å²) in [6.45, 7) is 3.21. The Bertz CT molecular complexity index is 869. The zero-order valence-electron chi connectivity index (χ0n) is 14.1. The Hall–Kier alpha value is -1.89. The van der Waals surface area contributed by atoms with Gasteiger partial charge in [-0.05, 0) is 55.6 Å². The Morgan fingerprint density at radius 3 is 2.80 bits per heavy atom. The van der Waals surface area contributed by atoms with Crippen molar-refractivity contribution in [1.82, 2.24) is 14.5 Å². The van der Waals surface area contributed by atoms with Gasteiger partial charge in [0.1, 0.15) is 5.82 Å². The molecule has 0 spiro atoms. The molecule has 132 valence electrons. The van der Waals surface area contributed by atoms with Crippen LogP contribution in [-0.4, -0.2) is 33.4 Å². The fourth-order valence-corrected chi connectivity index (χ4v) is 3.83. The molecular weight excluding hydrogens is 356 g/mol. The lowest BCUT2D eigenvalue weighted by atomic mass is 10.2. The second kappa shape index (κ2) is 7.56. The van der Waals surface area contributed by atoms with Crippen LogP contribution in [0.3, 0.4) is 0 Å². The number of hydrogen-bond acceptors (Lipinski definition) is 4. The molecule has 0 aliphatic carbocycles. The van der Waals surface area contributed by atoms with Gasteiger partial charge < -0.3 is 9.88 Å². The smallest absolute Gasteiger partial charge is 0.265 e. The Kier molecular flexibility index (Phi) is 5.42. The number of nitrogens with one attached hydrogen (secondary N) is 1. The molecule has 3 aromatic rings. The second-order valence-corrected chi connectivity index (χ2v) is 7.15. The van der Waals surface area contributed by atoms with Crippen LogP contribution in [0.15, 0.2) is 35.7 Å². The maximum atomic E-state index is 12.2. The van der Waals surface area contributed by atoms with Crippen LogP contribution in [0, 0.1) is 0 Å². The number of rotatable bonds is 4. The lowest BCUT2D eigenvalue weighted by molar-refractivity contribution is 0.103. The largest absolute Gasteiger partial charge is 0.330 e. The van der Waals surface area contributed by atoms with Crippen LogP contribution >= 0.6 is 23.7 Å². The molecule has 2 aromatic heterocycles. The lowest BCUT2D eigenvalue weighted by Gasteiger charge is -2.13. The fraction of sp³-hybridized carbons (Fsp3) is 0.333. The number of halogens is 1. The summed E-state index contributed by atoms with van der Waals surface area (Å²) in [6, 6.07) is 9.63. The molecule has 1 aliphatic heterocycles. The van der Waals surface area contributed by atoms with Gasteiger partial charge in [0.05, 0.1) is 22.5 Å². The Balaban J connectivity index is 0.00000182. The van der Waals surface area contributed by atoms with Gasteiger partial charge in [-0.3, -0.25) is 9.69 Å². The maximum Gasteiger partial charge on any atom is 0.265 e. The van der Waals surface area contributed by atoms with E-state index in [1.165, 1.54) is 24.2 Å². The lowest BCUT2D eigenvalue weighted by Crippen LogP contribution is -2.20. The monoisotopic (exact) mass is 376 g/mol. The average Bonchev–Trinajstić information content (AvgIpc) is 3.31. The Labute approximate surface area is 157 Å². The number of aryl methyl sites for hydroxylation is 1. The van der Waals surface area contributed by atoms with Crippen molar-refractivity contribution in [2.24, 2.45) is 7.05 Å². The summed E-state index contributed by atoms with van der Waals surface area (Å²) in [4.78, 5) is 20.1. The summed E-state index contributed by atoms with van der Waals surface area (Å²) in [5.41, 5.74) is 2.81. The van der Waals surface area contributed by atoms with Crippen LogP contribution in [-0.2, 0) is 13.6 Å². The molecule has 0 radical (unpaired) electrons. The van der Waals surface area contributed by atoms with Crippen molar-refractivity contribution in [2.75, 3.05) is 18.4 Å². The molecular formula is C18H21ClN4OS. The molecule has 1 amide bonds. The number of likely N-dealkylation sites (tertiary alicyclic amines) is 1. The van der Waals surface area contributed by atoms with Crippen molar-refractivity contribution in [1.29, 1.82) is 0 Å². The third-order valence-electron chi connectivity index (χ3n) is 4.54. The molecule has 1 aromatic carbocycles. The van der Waals surface area contributed by atoms with Gasteiger partial charge >= 0.3 is 0 Å². The van der Waals surface area contributed by atoms with E-state index in [-0.39, 0.29) is 18.3 Å². The predicted molar refractivity (Wildman–Crippen MR) is 105 cm³/mol. The van der Waals surface area contributed by atoms with E-state index in [4.69, 9.17) is 4.98 Å². The number of nitrogens with zero attached hydrogens (tertiary/aromatic N) is 3. The van der Waals surface area contributed by atoms with E-state index in [1.54, 1.807) is 0 Å². The van der Waals surface area contributed by atoms with Crippen LogP contribution in [0.1, 0.15) is 28.3 Å². The minimum Gasteiger partial charge on any atom is -0.330 e. The summed E-state index contributed by atoms with van der Waals surface area (Å²) in [5, 5.41) is 4.85. The molecule has 3 heterocycles. The first-order valence-corrected chi connectivity index (χ1v) is 9.11. The molecule has 1 saturated heterocycles. The van der Waals surface area contributed by atoms with E-state index in [0.717, 1.165) is 42.2 Å².